The Hall–Kier alpha value is -0.610. The first-order valence-electron chi connectivity index (χ1n) is 6.82. The molecule has 1 N–H and O–H groups in total. The van der Waals surface area contributed by atoms with Crippen molar-refractivity contribution in [3.8, 4) is 0 Å². The third kappa shape index (κ3) is 3.96. The molecule has 2 rings (SSSR count). The lowest BCUT2D eigenvalue weighted by atomic mass is 9.95. The normalized spacial score (nSPS) is 23.0. The van der Waals surface area contributed by atoms with Crippen molar-refractivity contribution in [2.45, 2.75) is 45.6 Å². The predicted molar refractivity (Wildman–Crippen MR) is 66.3 cm³/mol. The summed E-state index contributed by atoms with van der Waals surface area (Å²) in [6.07, 6.45) is 4.42. The minimum absolute atomic E-state index is 0.0778. The molecule has 1 aliphatic heterocycles. The average Bonchev–Trinajstić information content (AvgIpc) is 3.13. The highest BCUT2D eigenvalue weighted by atomic mass is 16.7. The standard InChI is InChI=1S/C13H24N2O2/c1-10(2)15-7-5-12(6-8-15)13(16)14-17-9-11-3-4-11/h10-12H,3-9H2,1-2H3,(H,14,16). The summed E-state index contributed by atoms with van der Waals surface area (Å²) in [7, 11) is 0. The van der Waals surface area contributed by atoms with E-state index in [1.165, 1.54) is 12.8 Å². The van der Waals surface area contributed by atoms with E-state index in [0.29, 0.717) is 18.6 Å². The molecule has 0 atom stereocenters. The summed E-state index contributed by atoms with van der Waals surface area (Å²) in [5, 5.41) is 0. The molecule has 0 unspecified atom stereocenters. The van der Waals surface area contributed by atoms with Gasteiger partial charge in [-0.25, -0.2) is 5.48 Å². The second kappa shape index (κ2) is 5.83. The third-order valence-electron chi connectivity index (χ3n) is 3.82. The van der Waals surface area contributed by atoms with E-state index >= 15 is 0 Å². The minimum atomic E-state index is 0.0778. The Balaban J connectivity index is 1.62. The molecular weight excluding hydrogens is 216 g/mol. The van der Waals surface area contributed by atoms with E-state index in [0.717, 1.165) is 25.9 Å². The molecule has 1 aliphatic carbocycles. The van der Waals surface area contributed by atoms with Crippen LogP contribution in [0.1, 0.15) is 39.5 Å². The van der Waals surface area contributed by atoms with Gasteiger partial charge in [0, 0.05) is 12.0 Å². The minimum Gasteiger partial charge on any atom is -0.301 e. The maximum Gasteiger partial charge on any atom is 0.246 e. The Morgan fingerprint density at radius 1 is 1.29 bits per heavy atom. The smallest absolute Gasteiger partial charge is 0.246 e. The number of rotatable bonds is 5. The highest BCUT2D eigenvalue weighted by Gasteiger charge is 2.27. The van der Waals surface area contributed by atoms with Crippen LogP contribution < -0.4 is 5.48 Å². The number of carbonyl (C=O) groups is 1. The van der Waals surface area contributed by atoms with Crippen LogP contribution in [0.5, 0.6) is 0 Å². The van der Waals surface area contributed by atoms with Crippen molar-refractivity contribution < 1.29 is 9.63 Å². The Morgan fingerprint density at radius 3 is 2.47 bits per heavy atom. The van der Waals surface area contributed by atoms with E-state index in [1.54, 1.807) is 0 Å². The van der Waals surface area contributed by atoms with Crippen LogP contribution in [-0.4, -0.2) is 36.5 Å². The van der Waals surface area contributed by atoms with E-state index in [1.807, 2.05) is 0 Å². The van der Waals surface area contributed by atoms with Crippen LogP contribution in [0.25, 0.3) is 0 Å². The van der Waals surface area contributed by atoms with Crippen molar-refractivity contribution in [3.05, 3.63) is 0 Å². The van der Waals surface area contributed by atoms with Gasteiger partial charge in [0.15, 0.2) is 0 Å². The number of likely N-dealkylation sites (tertiary alicyclic amines) is 1. The lowest BCUT2D eigenvalue weighted by Gasteiger charge is -2.33. The molecule has 4 nitrogen and oxygen atoms in total. The zero-order chi connectivity index (χ0) is 12.3. The summed E-state index contributed by atoms with van der Waals surface area (Å²) in [5.41, 5.74) is 2.61. The average molecular weight is 240 g/mol. The zero-order valence-electron chi connectivity index (χ0n) is 10.9. The molecule has 0 aromatic rings. The zero-order valence-corrected chi connectivity index (χ0v) is 10.9. The molecule has 0 spiro atoms. The summed E-state index contributed by atoms with van der Waals surface area (Å²) in [6, 6.07) is 0.588. The second-order valence-corrected chi connectivity index (χ2v) is 5.62. The molecule has 1 amide bonds. The van der Waals surface area contributed by atoms with E-state index in [2.05, 4.69) is 24.2 Å². The van der Waals surface area contributed by atoms with E-state index in [4.69, 9.17) is 4.84 Å². The number of nitrogens with zero attached hydrogens (tertiary/aromatic N) is 1. The third-order valence-corrected chi connectivity index (χ3v) is 3.82. The van der Waals surface area contributed by atoms with Crippen molar-refractivity contribution in [2.24, 2.45) is 11.8 Å². The quantitative estimate of drug-likeness (QED) is 0.742. The highest BCUT2D eigenvalue weighted by molar-refractivity contribution is 5.77. The van der Waals surface area contributed by atoms with E-state index in [9.17, 15) is 4.79 Å². The number of hydroxylamine groups is 1. The molecule has 1 saturated carbocycles. The summed E-state index contributed by atoms with van der Waals surface area (Å²) >= 11 is 0. The van der Waals surface area contributed by atoms with Crippen LogP contribution >= 0.6 is 0 Å². The molecule has 0 radical (unpaired) electrons. The topological polar surface area (TPSA) is 41.6 Å². The Kier molecular flexibility index (Phi) is 4.40. The summed E-state index contributed by atoms with van der Waals surface area (Å²) < 4.78 is 0. The van der Waals surface area contributed by atoms with E-state index < -0.39 is 0 Å². The van der Waals surface area contributed by atoms with Crippen LogP contribution in [0.2, 0.25) is 0 Å². The van der Waals surface area contributed by atoms with Gasteiger partial charge < -0.3 is 4.90 Å². The number of hydrogen-bond acceptors (Lipinski definition) is 3. The molecule has 2 aliphatic rings. The van der Waals surface area contributed by atoms with Crippen molar-refractivity contribution in [1.29, 1.82) is 0 Å². The first-order chi connectivity index (χ1) is 8.16. The van der Waals surface area contributed by atoms with Gasteiger partial charge in [0.25, 0.3) is 0 Å². The molecule has 1 heterocycles. The van der Waals surface area contributed by atoms with Gasteiger partial charge >= 0.3 is 0 Å². The molecule has 0 aromatic heterocycles. The first-order valence-corrected chi connectivity index (χ1v) is 6.82. The monoisotopic (exact) mass is 240 g/mol. The van der Waals surface area contributed by atoms with Gasteiger partial charge in [-0.05, 0) is 58.5 Å². The van der Waals surface area contributed by atoms with Crippen LogP contribution in [0, 0.1) is 11.8 Å². The number of carbonyl (C=O) groups excluding carboxylic acids is 1. The Labute approximate surface area is 104 Å². The van der Waals surface area contributed by atoms with Gasteiger partial charge in [-0.2, -0.15) is 0 Å². The Morgan fingerprint density at radius 2 is 1.94 bits per heavy atom. The number of nitrogens with one attached hydrogen (secondary N) is 1. The van der Waals surface area contributed by atoms with Gasteiger partial charge in [0.05, 0.1) is 6.61 Å². The number of hydrogen-bond donors (Lipinski definition) is 1. The molecule has 1 saturated heterocycles. The number of amides is 1. The van der Waals surface area contributed by atoms with Gasteiger partial charge in [-0.15, -0.1) is 0 Å². The number of piperidine rings is 1. The van der Waals surface area contributed by atoms with Crippen molar-refractivity contribution >= 4 is 5.91 Å². The van der Waals surface area contributed by atoms with Gasteiger partial charge in [-0.1, -0.05) is 0 Å². The van der Waals surface area contributed by atoms with Crippen LogP contribution in [0.15, 0.2) is 0 Å². The van der Waals surface area contributed by atoms with E-state index in [-0.39, 0.29) is 11.8 Å². The fourth-order valence-electron chi connectivity index (χ4n) is 2.28. The SMILES string of the molecule is CC(C)N1CCC(C(=O)NOCC2CC2)CC1. The molecule has 98 valence electrons. The molecular formula is C13H24N2O2. The maximum absolute atomic E-state index is 11.8. The van der Waals surface area contributed by atoms with Crippen molar-refractivity contribution in [2.75, 3.05) is 19.7 Å². The van der Waals surface area contributed by atoms with Gasteiger partial charge in [-0.3, -0.25) is 9.63 Å². The van der Waals surface area contributed by atoms with Crippen LogP contribution in [0.4, 0.5) is 0 Å². The van der Waals surface area contributed by atoms with Gasteiger partial charge in [0.1, 0.15) is 0 Å². The lowest BCUT2D eigenvalue weighted by molar-refractivity contribution is -0.139. The highest BCUT2D eigenvalue weighted by Crippen LogP contribution is 2.28. The second-order valence-electron chi connectivity index (χ2n) is 5.62. The molecule has 17 heavy (non-hydrogen) atoms. The van der Waals surface area contributed by atoms with Crippen LogP contribution in [-0.2, 0) is 9.63 Å². The summed E-state index contributed by atoms with van der Waals surface area (Å²) in [5.74, 6) is 0.913. The maximum atomic E-state index is 11.8. The largest absolute Gasteiger partial charge is 0.301 e. The fraction of sp³-hybridized carbons (Fsp3) is 0.923. The first kappa shape index (κ1) is 12.8. The predicted octanol–water partition coefficient (Wildman–Crippen LogP) is 1.56. The lowest BCUT2D eigenvalue weighted by Crippen LogP contribution is -2.43. The molecule has 0 bridgehead atoms. The summed E-state index contributed by atoms with van der Waals surface area (Å²) in [4.78, 5) is 19.5. The molecule has 2 fully saturated rings. The molecule has 0 aromatic carbocycles. The van der Waals surface area contributed by atoms with Crippen molar-refractivity contribution in [3.63, 3.8) is 0 Å². The van der Waals surface area contributed by atoms with Crippen LogP contribution in [0.3, 0.4) is 0 Å². The Bertz CT molecular complexity index is 256. The van der Waals surface area contributed by atoms with Gasteiger partial charge in [0.2, 0.25) is 5.91 Å². The summed E-state index contributed by atoms with van der Waals surface area (Å²) in [6.45, 7) is 7.16. The van der Waals surface area contributed by atoms with Crippen molar-refractivity contribution in [1.82, 2.24) is 10.4 Å². The molecule has 4 heteroatoms. The fourth-order valence-corrected chi connectivity index (χ4v) is 2.28.